The average molecular weight is 204 g/mol. The van der Waals surface area contributed by atoms with Crippen LogP contribution in [0.5, 0.6) is 5.75 Å². The predicted octanol–water partition coefficient (Wildman–Crippen LogP) is 1.34. The molecule has 0 unspecified atom stereocenters. The van der Waals surface area contributed by atoms with Gasteiger partial charge in [0.15, 0.2) is 5.69 Å². The molecule has 0 amide bonds. The summed E-state index contributed by atoms with van der Waals surface area (Å²) in [6.45, 7) is 0. The van der Waals surface area contributed by atoms with Gasteiger partial charge in [0, 0.05) is 11.5 Å². The number of benzene rings is 1. The summed E-state index contributed by atoms with van der Waals surface area (Å²) >= 11 is 0. The van der Waals surface area contributed by atoms with Gasteiger partial charge in [-0.25, -0.2) is 14.8 Å². The quantitative estimate of drug-likeness (QED) is 0.799. The number of carbonyl (C=O) groups is 1. The standard InChI is InChI=1S/C10H8N2O3/c1-15-6-2-3-7-8(4-6)11-5-12-9(7)10(13)14/h2-5H,1H3,(H,13,14). The number of nitrogens with zero attached hydrogens (tertiary/aromatic N) is 2. The summed E-state index contributed by atoms with van der Waals surface area (Å²) < 4.78 is 5.01. The molecule has 0 spiro atoms. The predicted molar refractivity (Wildman–Crippen MR) is 53.0 cm³/mol. The van der Waals surface area contributed by atoms with Gasteiger partial charge in [-0.05, 0) is 12.1 Å². The van der Waals surface area contributed by atoms with Crippen molar-refractivity contribution in [3.05, 3.63) is 30.2 Å². The molecule has 0 radical (unpaired) electrons. The third-order valence-electron chi connectivity index (χ3n) is 2.05. The maximum atomic E-state index is 10.8. The van der Waals surface area contributed by atoms with Crippen LogP contribution in [0.25, 0.3) is 10.9 Å². The largest absolute Gasteiger partial charge is 0.497 e. The van der Waals surface area contributed by atoms with Crippen molar-refractivity contribution in [3.8, 4) is 5.75 Å². The van der Waals surface area contributed by atoms with E-state index in [1.807, 2.05) is 0 Å². The molecule has 15 heavy (non-hydrogen) atoms. The van der Waals surface area contributed by atoms with E-state index in [0.717, 1.165) is 0 Å². The molecule has 1 heterocycles. The Balaban J connectivity index is 2.72. The fourth-order valence-corrected chi connectivity index (χ4v) is 1.33. The van der Waals surface area contributed by atoms with Crippen molar-refractivity contribution >= 4 is 16.9 Å². The maximum absolute atomic E-state index is 10.8. The van der Waals surface area contributed by atoms with Gasteiger partial charge in [0.05, 0.1) is 12.6 Å². The summed E-state index contributed by atoms with van der Waals surface area (Å²) in [5.74, 6) is -0.426. The number of methoxy groups -OCH3 is 1. The molecule has 0 saturated heterocycles. The highest BCUT2D eigenvalue weighted by Gasteiger charge is 2.10. The summed E-state index contributed by atoms with van der Waals surface area (Å²) in [5.41, 5.74) is 0.560. The van der Waals surface area contributed by atoms with Crippen LogP contribution in [0.4, 0.5) is 0 Å². The Bertz CT molecular complexity index is 525. The minimum Gasteiger partial charge on any atom is -0.497 e. The zero-order valence-corrected chi connectivity index (χ0v) is 7.97. The molecule has 0 atom stereocenters. The van der Waals surface area contributed by atoms with E-state index in [9.17, 15) is 4.79 Å². The highest BCUT2D eigenvalue weighted by atomic mass is 16.5. The van der Waals surface area contributed by atoms with E-state index in [1.54, 1.807) is 25.3 Å². The molecule has 2 aromatic rings. The lowest BCUT2D eigenvalue weighted by Gasteiger charge is -2.03. The van der Waals surface area contributed by atoms with Gasteiger partial charge in [0.2, 0.25) is 0 Å². The maximum Gasteiger partial charge on any atom is 0.355 e. The molecule has 0 aliphatic carbocycles. The molecule has 0 saturated carbocycles. The molecule has 1 aromatic carbocycles. The fourth-order valence-electron chi connectivity index (χ4n) is 1.33. The first-order valence-electron chi connectivity index (χ1n) is 4.24. The van der Waals surface area contributed by atoms with E-state index in [0.29, 0.717) is 16.7 Å². The Labute approximate surface area is 85.4 Å². The first-order chi connectivity index (χ1) is 7.22. The molecule has 1 aromatic heterocycles. The van der Waals surface area contributed by atoms with Gasteiger partial charge in [-0.1, -0.05) is 0 Å². The number of hydrogen-bond donors (Lipinski definition) is 1. The number of hydrogen-bond acceptors (Lipinski definition) is 4. The van der Waals surface area contributed by atoms with E-state index < -0.39 is 5.97 Å². The summed E-state index contributed by atoms with van der Waals surface area (Å²) in [4.78, 5) is 18.5. The molecule has 76 valence electrons. The van der Waals surface area contributed by atoms with E-state index >= 15 is 0 Å². The lowest BCUT2D eigenvalue weighted by molar-refractivity contribution is 0.0692. The van der Waals surface area contributed by atoms with Crippen molar-refractivity contribution in [1.29, 1.82) is 0 Å². The van der Waals surface area contributed by atoms with E-state index in [4.69, 9.17) is 9.84 Å². The zero-order valence-electron chi connectivity index (χ0n) is 7.97. The molecule has 1 N–H and O–H groups in total. The molecular formula is C10H8N2O3. The average Bonchev–Trinajstić information content (AvgIpc) is 2.27. The minimum atomic E-state index is -1.06. The number of carboxylic acids is 1. The van der Waals surface area contributed by atoms with Gasteiger partial charge >= 0.3 is 5.97 Å². The van der Waals surface area contributed by atoms with Gasteiger partial charge in [-0.3, -0.25) is 0 Å². The topological polar surface area (TPSA) is 72.3 Å². The Morgan fingerprint density at radius 3 is 2.87 bits per heavy atom. The van der Waals surface area contributed by atoms with Gasteiger partial charge in [0.25, 0.3) is 0 Å². The Morgan fingerprint density at radius 2 is 2.20 bits per heavy atom. The second-order valence-corrected chi connectivity index (χ2v) is 2.91. The van der Waals surface area contributed by atoms with Crippen LogP contribution in [0.1, 0.15) is 10.5 Å². The molecule has 2 rings (SSSR count). The molecule has 0 bridgehead atoms. The molecule has 5 nitrogen and oxygen atoms in total. The van der Waals surface area contributed by atoms with Gasteiger partial charge in [-0.15, -0.1) is 0 Å². The van der Waals surface area contributed by atoms with Crippen molar-refractivity contribution < 1.29 is 14.6 Å². The molecule has 0 aliphatic rings. The highest BCUT2D eigenvalue weighted by molar-refractivity contribution is 6.00. The first-order valence-corrected chi connectivity index (χ1v) is 4.24. The van der Waals surface area contributed by atoms with Crippen molar-refractivity contribution in [2.75, 3.05) is 7.11 Å². The second-order valence-electron chi connectivity index (χ2n) is 2.91. The monoisotopic (exact) mass is 204 g/mol. The fraction of sp³-hybridized carbons (Fsp3) is 0.100. The smallest absolute Gasteiger partial charge is 0.355 e. The molecule has 0 fully saturated rings. The van der Waals surface area contributed by atoms with Gasteiger partial charge < -0.3 is 9.84 Å². The summed E-state index contributed by atoms with van der Waals surface area (Å²) in [5, 5.41) is 9.39. The minimum absolute atomic E-state index is 0.00246. The lowest BCUT2D eigenvalue weighted by atomic mass is 10.2. The summed E-state index contributed by atoms with van der Waals surface area (Å²) in [6.07, 6.45) is 1.23. The number of ether oxygens (including phenoxy) is 1. The molecule has 5 heteroatoms. The second kappa shape index (κ2) is 3.53. The van der Waals surface area contributed by atoms with Crippen LogP contribution in [0.2, 0.25) is 0 Å². The van der Waals surface area contributed by atoms with Crippen molar-refractivity contribution in [2.45, 2.75) is 0 Å². The van der Waals surface area contributed by atoms with Crippen LogP contribution in [-0.4, -0.2) is 28.2 Å². The first kappa shape index (κ1) is 9.39. The van der Waals surface area contributed by atoms with Crippen LogP contribution < -0.4 is 4.74 Å². The number of fused-ring (bicyclic) bond motifs is 1. The van der Waals surface area contributed by atoms with Gasteiger partial charge in [-0.2, -0.15) is 0 Å². The zero-order chi connectivity index (χ0) is 10.8. The van der Waals surface area contributed by atoms with Crippen molar-refractivity contribution in [2.24, 2.45) is 0 Å². The van der Waals surface area contributed by atoms with Crippen molar-refractivity contribution in [3.63, 3.8) is 0 Å². The number of aromatic nitrogens is 2. The number of rotatable bonds is 2. The normalized spacial score (nSPS) is 10.2. The third kappa shape index (κ3) is 1.59. The Hall–Kier alpha value is -2.17. The molecular weight excluding hydrogens is 196 g/mol. The summed E-state index contributed by atoms with van der Waals surface area (Å²) in [6, 6.07) is 4.99. The van der Waals surface area contributed by atoms with Crippen LogP contribution in [0.15, 0.2) is 24.5 Å². The molecule has 0 aliphatic heterocycles. The third-order valence-corrected chi connectivity index (χ3v) is 2.05. The van der Waals surface area contributed by atoms with Crippen LogP contribution in [-0.2, 0) is 0 Å². The van der Waals surface area contributed by atoms with Crippen molar-refractivity contribution in [1.82, 2.24) is 9.97 Å². The Kier molecular flexibility index (Phi) is 2.21. The number of carboxylic acid groups (broad SMARTS) is 1. The lowest BCUT2D eigenvalue weighted by Crippen LogP contribution is -2.02. The van der Waals surface area contributed by atoms with E-state index in [-0.39, 0.29) is 5.69 Å². The van der Waals surface area contributed by atoms with Crippen LogP contribution >= 0.6 is 0 Å². The van der Waals surface area contributed by atoms with Gasteiger partial charge in [0.1, 0.15) is 12.1 Å². The SMILES string of the molecule is COc1ccc2c(C(=O)O)ncnc2c1. The Morgan fingerprint density at radius 1 is 1.40 bits per heavy atom. The highest BCUT2D eigenvalue weighted by Crippen LogP contribution is 2.20. The van der Waals surface area contributed by atoms with Crippen LogP contribution in [0.3, 0.4) is 0 Å². The van der Waals surface area contributed by atoms with E-state index in [1.165, 1.54) is 6.33 Å². The number of aromatic carboxylic acids is 1. The summed E-state index contributed by atoms with van der Waals surface area (Å²) in [7, 11) is 1.54. The van der Waals surface area contributed by atoms with Crippen LogP contribution in [0, 0.1) is 0 Å². The van der Waals surface area contributed by atoms with E-state index in [2.05, 4.69) is 9.97 Å².